The minimum Gasteiger partial charge on any atom is -0.378 e. The molecule has 1 saturated heterocycles. The predicted molar refractivity (Wildman–Crippen MR) is 49.0 cm³/mol. The lowest BCUT2D eigenvalue weighted by Gasteiger charge is -2.29. The molecule has 0 spiro atoms. The number of nitrogens with two attached hydrogens (primary N) is 1. The number of halogens is 1. The Bertz CT molecular complexity index is 108. The zero-order valence-corrected chi connectivity index (χ0v) is 8.06. The number of ether oxygens (including phenoxy) is 1. The van der Waals surface area contributed by atoms with Crippen molar-refractivity contribution in [2.45, 2.75) is 38.8 Å². The van der Waals surface area contributed by atoms with Gasteiger partial charge in [0.1, 0.15) is 0 Å². The molecule has 1 aliphatic rings. The summed E-state index contributed by atoms with van der Waals surface area (Å²) in [7, 11) is 0. The zero-order valence-electron chi connectivity index (χ0n) is 7.25. The molecule has 0 saturated carbocycles. The highest BCUT2D eigenvalue weighted by molar-refractivity contribution is 5.85. The van der Waals surface area contributed by atoms with Gasteiger partial charge in [-0.1, -0.05) is 13.8 Å². The molecule has 0 aromatic carbocycles. The van der Waals surface area contributed by atoms with Gasteiger partial charge in [-0.15, -0.1) is 12.4 Å². The lowest BCUT2D eigenvalue weighted by atomic mass is 9.96. The van der Waals surface area contributed by atoms with Gasteiger partial charge in [0.2, 0.25) is 0 Å². The molecule has 2 N–H and O–H groups in total. The van der Waals surface area contributed by atoms with Gasteiger partial charge in [0.25, 0.3) is 0 Å². The van der Waals surface area contributed by atoms with E-state index in [0.717, 1.165) is 19.4 Å². The average molecular weight is 180 g/mol. The summed E-state index contributed by atoms with van der Waals surface area (Å²) in [6.07, 6.45) is 2.48. The third kappa shape index (κ3) is 3.41. The summed E-state index contributed by atoms with van der Waals surface area (Å²) >= 11 is 0. The molecule has 0 bridgehead atoms. The smallest absolute Gasteiger partial charge is 0.0612 e. The van der Waals surface area contributed by atoms with E-state index in [-0.39, 0.29) is 12.4 Å². The summed E-state index contributed by atoms with van der Waals surface area (Å²) in [4.78, 5) is 0. The first-order valence-electron chi connectivity index (χ1n) is 4.07. The van der Waals surface area contributed by atoms with Crippen molar-refractivity contribution in [2.24, 2.45) is 11.7 Å². The van der Waals surface area contributed by atoms with Crippen LogP contribution in [0.5, 0.6) is 0 Å². The lowest BCUT2D eigenvalue weighted by molar-refractivity contribution is -0.0188. The maximum Gasteiger partial charge on any atom is 0.0612 e. The Hall–Kier alpha value is 0.210. The highest BCUT2D eigenvalue weighted by Gasteiger charge is 2.21. The second kappa shape index (κ2) is 4.96. The third-order valence-corrected chi connectivity index (χ3v) is 2.10. The van der Waals surface area contributed by atoms with Crippen LogP contribution in [0, 0.1) is 5.92 Å². The molecule has 3 heteroatoms. The lowest BCUT2D eigenvalue weighted by Crippen LogP contribution is -2.37. The Balaban J connectivity index is 0.000001000. The number of hydrogen-bond donors (Lipinski definition) is 1. The minimum atomic E-state index is 0. The molecule has 0 aliphatic carbocycles. The molecule has 0 aromatic rings. The Labute approximate surface area is 74.9 Å². The Morgan fingerprint density at radius 1 is 1.45 bits per heavy atom. The van der Waals surface area contributed by atoms with E-state index in [1.807, 2.05) is 0 Å². The first-order chi connectivity index (χ1) is 4.70. The standard InChI is InChI=1S/C8H17NO.ClH/c1-6(2)8-5-7(9)3-4-10-8;/h6-8H,3-5,9H2,1-2H3;1H/t7-,8+;/m1./s1. The first-order valence-corrected chi connectivity index (χ1v) is 4.07. The summed E-state index contributed by atoms with van der Waals surface area (Å²) in [5, 5.41) is 0. The van der Waals surface area contributed by atoms with Gasteiger partial charge in [0.15, 0.2) is 0 Å². The molecule has 2 atom stereocenters. The number of rotatable bonds is 1. The van der Waals surface area contributed by atoms with E-state index in [4.69, 9.17) is 10.5 Å². The fourth-order valence-electron chi connectivity index (χ4n) is 1.32. The normalized spacial score (nSPS) is 31.6. The quantitative estimate of drug-likeness (QED) is 0.664. The molecule has 1 fully saturated rings. The van der Waals surface area contributed by atoms with Crippen LogP contribution in [0.15, 0.2) is 0 Å². The van der Waals surface area contributed by atoms with E-state index in [0.29, 0.717) is 18.1 Å². The van der Waals surface area contributed by atoms with Crippen molar-refractivity contribution in [1.29, 1.82) is 0 Å². The van der Waals surface area contributed by atoms with E-state index >= 15 is 0 Å². The summed E-state index contributed by atoms with van der Waals surface area (Å²) < 4.78 is 5.53. The predicted octanol–water partition coefficient (Wildman–Crippen LogP) is 1.57. The van der Waals surface area contributed by atoms with E-state index in [1.165, 1.54) is 0 Å². The second-order valence-electron chi connectivity index (χ2n) is 3.44. The van der Waals surface area contributed by atoms with Gasteiger partial charge in [-0.2, -0.15) is 0 Å². The summed E-state index contributed by atoms with van der Waals surface area (Å²) in [6.45, 7) is 5.22. The summed E-state index contributed by atoms with van der Waals surface area (Å²) in [6, 6.07) is 0.376. The van der Waals surface area contributed by atoms with Crippen molar-refractivity contribution in [3.8, 4) is 0 Å². The van der Waals surface area contributed by atoms with Crippen molar-refractivity contribution in [3.05, 3.63) is 0 Å². The molecule has 1 heterocycles. The van der Waals surface area contributed by atoms with Crippen LogP contribution >= 0.6 is 12.4 Å². The van der Waals surface area contributed by atoms with Crippen LogP contribution in [0.2, 0.25) is 0 Å². The Morgan fingerprint density at radius 3 is 2.45 bits per heavy atom. The van der Waals surface area contributed by atoms with Crippen LogP contribution in [0.3, 0.4) is 0 Å². The monoisotopic (exact) mass is 179 g/mol. The maximum absolute atomic E-state index is 5.78. The van der Waals surface area contributed by atoms with Crippen molar-refractivity contribution >= 4 is 12.4 Å². The highest BCUT2D eigenvalue weighted by Crippen LogP contribution is 2.18. The van der Waals surface area contributed by atoms with E-state index < -0.39 is 0 Å². The maximum atomic E-state index is 5.78. The van der Waals surface area contributed by atoms with Crippen molar-refractivity contribution in [2.75, 3.05) is 6.61 Å². The SMILES string of the molecule is CC(C)[C@@H]1C[C@H](N)CCO1.Cl. The van der Waals surface area contributed by atoms with Crippen molar-refractivity contribution < 1.29 is 4.74 Å². The van der Waals surface area contributed by atoms with Crippen molar-refractivity contribution in [1.82, 2.24) is 0 Å². The molecule has 1 rings (SSSR count). The summed E-state index contributed by atoms with van der Waals surface area (Å²) in [5.74, 6) is 0.617. The molecule has 0 radical (unpaired) electrons. The van der Waals surface area contributed by atoms with Gasteiger partial charge >= 0.3 is 0 Å². The molecule has 11 heavy (non-hydrogen) atoms. The molecule has 68 valence electrons. The van der Waals surface area contributed by atoms with Gasteiger partial charge in [0, 0.05) is 12.6 Å². The minimum absolute atomic E-state index is 0. The van der Waals surface area contributed by atoms with Gasteiger partial charge in [-0.25, -0.2) is 0 Å². The zero-order chi connectivity index (χ0) is 7.56. The van der Waals surface area contributed by atoms with E-state index in [1.54, 1.807) is 0 Å². The summed E-state index contributed by atoms with van der Waals surface area (Å²) in [5.41, 5.74) is 5.78. The van der Waals surface area contributed by atoms with Crippen molar-refractivity contribution in [3.63, 3.8) is 0 Å². The Kier molecular flexibility index (Phi) is 5.06. The van der Waals surface area contributed by atoms with Gasteiger partial charge in [0.05, 0.1) is 6.10 Å². The van der Waals surface area contributed by atoms with E-state index in [2.05, 4.69) is 13.8 Å². The van der Waals surface area contributed by atoms with Crippen LogP contribution in [0.25, 0.3) is 0 Å². The average Bonchev–Trinajstić information content (AvgIpc) is 1.88. The molecular weight excluding hydrogens is 162 g/mol. The second-order valence-corrected chi connectivity index (χ2v) is 3.44. The highest BCUT2D eigenvalue weighted by atomic mass is 35.5. The number of hydrogen-bond acceptors (Lipinski definition) is 2. The fourth-order valence-corrected chi connectivity index (χ4v) is 1.32. The van der Waals surface area contributed by atoms with Crippen LogP contribution in [0.4, 0.5) is 0 Å². The van der Waals surface area contributed by atoms with Crippen LogP contribution in [-0.4, -0.2) is 18.8 Å². The fraction of sp³-hybridized carbons (Fsp3) is 1.00. The first kappa shape index (κ1) is 11.2. The van der Waals surface area contributed by atoms with Gasteiger partial charge in [-0.05, 0) is 18.8 Å². The topological polar surface area (TPSA) is 35.2 Å². The molecular formula is C8H18ClNO. The molecule has 0 amide bonds. The van der Waals surface area contributed by atoms with Crippen LogP contribution < -0.4 is 5.73 Å². The molecule has 0 unspecified atom stereocenters. The largest absolute Gasteiger partial charge is 0.378 e. The molecule has 0 aromatic heterocycles. The Morgan fingerprint density at radius 2 is 2.09 bits per heavy atom. The van der Waals surface area contributed by atoms with E-state index in [9.17, 15) is 0 Å². The third-order valence-electron chi connectivity index (χ3n) is 2.10. The van der Waals surface area contributed by atoms with Gasteiger partial charge < -0.3 is 10.5 Å². The molecule has 2 nitrogen and oxygen atoms in total. The van der Waals surface area contributed by atoms with Crippen LogP contribution in [-0.2, 0) is 4.74 Å². The van der Waals surface area contributed by atoms with Gasteiger partial charge in [-0.3, -0.25) is 0 Å². The van der Waals surface area contributed by atoms with Crippen LogP contribution in [0.1, 0.15) is 26.7 Å². The molecule has 1 aliphatic heterocycles.